The van der Waals surface area contributed by atoms with Gasteiger partial charge >= 0.3 is 0 Å². The van der Waals surface area contributed by atoms with Gasteiger partial charge in [0, 0.05) is 18.0 Å². The molecule has 0 aliphatic carbocycles. The number of aromatic nitrogens is 2. The molecule has 0 bridgehead atoms. The lowest BCUT2D eigenvalue weighted by atomic mass is 10.1. The smallest absolute Gasteiger partial charge is 0.165 e. The van der Waals surface area contributed by atoms with Crippen LogP contribution in [0.3, 0.4) is 0 Å². The van der Waals surface area contributed by atoms with Crippen molar-refractivity contribution in [2.75, 3.05) is 7.11 Å². The number of benzene rings is 1. The van der Waals surface area contributed by atoms with E-state index in [9.17, 15) is 4.39 Å². The molecule has 0 saturated heterocycles. The second-order valence-corrected chi connectivity index (χ2v) is 3.52. The zero-order valence-corrected chi connectivity index (χ0v) is 9.34. The number of ether oxygens (including phenoxy) is 1. The topological polar surface area (TPSA) is 37.9 Å². The largest absolute Gasteiger partial charge is 0.494 e. The summed E-state index contributed by atoms with van der Waals surface area (Å²) < 4.78 is 18.8. The van der Waals surface area contributed by atoms with Gasteiger partial charge in [-0.1, -0.05) is 12.2 Å². The van der Waals surface area contributed by atoms with E-state index in [1.54, 1.807) is 24.5 Å². The van der Waals surface area contributed by atoms with Gasteiger partial charge in [-0.05, 0) is 18.2 Å². The van der Waals surface area contributed by atoms with Gasteiger partial charge in [-0.25, -0.2) is 4.39 Å². The number of methoxy groups -OCH3 is 1. The van der Waals surface area contributed by atoms with E-state index < -0.39 is 5.82 Å². The molecule has 0 unspecified atom stereocenters. The third-order valence-corrected chi connectivity index (χ3v) is 2.44. The first kappa shape index (κ1) is 10.8. The average molecular weight is 236 g/mol. The molecule has 2 rings (SSSR count). The average Bonchev–Trinajstić information content (AvgIpc) is 2.29. The Hall–Kier alpha value is -1.75. The van der Waals surface area contributed by atoms with Crippen molar-refractivity contribution < 1.29 is 9.13 Å². The minimum atomic E-state index is -0.431. The summed E-state index contributed by atoms with van der Waals surface area (Å²) in [5.41, 5.74) is 1.18. The number of nitrogens with one attached hydrogen (secondary N) is 1. The first-order valence-electron chi connectivity index (χ1n) is 4.60. The Kier molecular flexibility index (Phi) is 2.96. The number of hydrogen-bond acceptors (Lipinski definition) is 3. The van der Waals surface area contributed by atoms with Crippen LogP contribution in [0.5, 0.6) is 5.75 Å². The second kappa shape index (κ2) is 4.40. The molecule has 1 N–H and O–H groups in total. The van der Waals surface area contributed by atoms with E-state index in [0.29, 0.717) is 15.9 Å². The maximum Gasteiger partial charge on any atom is 0.165 e. The van der Waals surface area contributed by atoms with Crippen molar-refractivity contribution >= 4 is 12.2 Å². The number of aromatic amines is 1. The molecule has 0 radical (unpaired) electrons. The summed E-state index contributed by atoms with van der Waals surface area (Å²) in [6.45, 7) is 0. The Bertz CT molecular complexity index is 568. The monoisotopic (exact) mass is 236 g/mol. The fraction of sp³-hybridized carbons (Fsp3) is 0.0909. The van der Waals surface area contributed by atoms with Gasteiger partial charge in [-0.15, -0.1) is 0 Å². The molecule has 3 nitrogen and oxygen atoms in total. The molecule has 0 atom stereocenters. The molecule has 5 heteroatoms. The van der Waals surface area contributed by atoms with Gasteiger partial charge in [0.2, 0.25) is 0 Å². The highest BCUT2D eigenvalue weighted by Gasteiger charge is 2.07. The van der Waals surface area contributed by atoms with Crippen LogP contribution in [0.4, 0.5) is 4.39 Å². The Morgan fingerprint density at radius 2 is 2.25 bits per heavy atom. The SMILES string of the molecule is COc1ccc(-c2ncc[nH]c2=S)cc1F. The Balaban J connectivity index is 2.54. The fourth-order valence-corrected chi connectivity index (χ4v) is 1.61. The van der Waals surface area contributed by atoms with Crippen LogP contribution in [0.1, 0.15) is 0 Å². The maximum absolute atomic E-state index is 13.5. The van der Waals surface area contributed by atoms with Crippen molar-refractivity contribution in [3.63, 3.8) is 0 Å². The molecule has 0 amide bonds. The first-order valence-corrected chi connectivity index (χ1v) is 5.01. The van der Waals surface area contributed by atoms with Crippen molar-refractivity contribution in [3.8, 4) is 17.0 Å². The van der Waals surface area contributed by atoms with Crippen LogP contribution in [-0.4, -0.2) is 17.1 Å². The molecule has 0 aliphatic rings. The van der Waals surface area contributed by atoms with Crippen LogP contribution in [-0.2, 0) is 0 Å². The molecule has 0 saturated carbocycles. The molecular formula is C11H9FN2OS. The Labute approximate surface area is 96.9 Å². The van der Waals surface area contributed by atoms with E-state index in [4.69, 9.17) is 17.0 Å². The molecule has 2 aromatic rings. The Morgan fingerprint density at radius 3 is 2.88 bits per heavy atom. The second-order valence-electron chi connectivity index (χ2n) is 3.12. The third kappa shape index (κ3) is 1.94. The maximum atomic E-state index is 13.5. The minimum Gasteiger partial charge on any atom is -0.494 e. The Morgan fingerprint density at radius 1 is 1.44 bits per heavy atom. The molecule has 16 heavy (non-hydrogen) atoms. The summed E-state index contributed by atoms with van der Waals surface area (Å²) in [7, 11) is 1.42. The minimum absolute atomic E-state index is 0.203. The third-order valence-electron chi connectivity index (χ3n) is 2.13. The van der Waals surface area contributed by atoms with Crippen LogP contribution in [0.2, 0.25) is 0 Å². The zero-order valence-electron chi connectivity index (χ0n) is 8.53. The van der Waals surface area contributed by atoms with Crippen molar-refractivity contribution in [2.45, 2.75) is 0 Å². The van der Waals surface area contributed by atoms with E-state index in [2.05, 4.69) is 9.97 Å². The van der Waals surface area contributed by atoms with Gasteiger partial charge in [0.25, 0.3) is 0 Å². The van der Waals surface area contributed by atoms with Crippen LogP contribution in [0.25, 0.3) is 11.3 Å². The van der Waals surface area contributed by atoms with E-state index >= 15 is 0 Å². The number of hydrogen-bond donors (Lipinski definition) is 1. The van der Waals surface area contributed by atoms with Crippen LogP contribution < -0.4 is 4.74 Å². The summed E-state index contributed by atoms with van der Waals surface area (Å²) in [6, 6.07) is 4.62. The fourth-order valence-electron chi connectivity index (χ4n) is 1.37. The van der Waals surface area contributed by atoms with E-state index in [0.717, 1.165) is 0 Å². The normalized spacial score (nSPS) is 10.1. The lowest BCUT2D eigenvalue weighted by Crippen LogP contribution is -1.91. The predicted octanol–water partition coefficient (Wildman–Crippen LogP) is 2.95. The van der Waals surface area contributed by atoms with Gasteiger partial charge in [-0.3, -0.25) is 4.98 Å². The van der Waals surface area contributed by atoms with E-state index in [1.807, 2.05) is 0 Å². The van der Waals surface area contributed by atoms with Crippen molar-refractivity contribution in [2.24, 2.45) is 0 Å². The summed E-state index contributed by atoms with van der Waals surface area (Å²) in [5.74, 6) is -0.227. The van der Waals surface area contributed by atoms with Crippen molar-refractivity contribution in [1.29, 1.82) is 0 Å². The van der Waals surface area contributed by atoms with Gasteiger partial charge in [0.15, 0.2) is 11.6 Å². The van der Waals surface area contributed by atoms with E-state index in [1.165, 1.54) is 13.2 Å². The summed E-state index contributed by atoms with van der Waals surface area (Å²) >= 11 is 5.07. The molecule has 0 aliphatic heterocycles. The summed E-state index contributed by atoms with van der Waals surface area (Å²) in [6.07, 6.45) is 3.21. The molecule has 82 valence electrons. The highest BCUT2D eigenvalue weighted by molar-refractivity contribution is 7.71. The number of rotatable bonds is 2. The predicted molar refractivity (Wildman–Crippen MR) is 61.4 cm³/mol. The highest BCUT2D eigenvalue weighted by atomic mass is 32.1. The lowest BCUT2D eigenvalue weighted by Gasteiger charge is -2.04. The van der Waals surface area contributed by atoms with Gasteiger partial charge in [0.05, 0.1) is 7.11 Å². The number of nitrogens with zero attached hydrogens (tertiary/aromatic N) is 1. The molecule has 1 aromatic heterocycles. The quantitative estimate of drug-likeness (QED) is 0.815. The number of halogens is 1. The summed E-state index contributed by atoms with van der Waals surface area (Å²) in [5, 5.41) is 0. The van der Waals surface area contributed by atoms with E-state index in [-0.39, 0.29) is 5.75 Å². The van der Waals surface area contributed by atoms with Gasteiger partial charge in [0.1, 0.15) is 10.3 Å². The van der Waals surface area contributed by atoms with Gasteiger partial charge in [-0.2, -0.15) is 0 Å². The standard InChI is InChI=1S/C11H9FN2OS/c1-15-9-3-2-7(6-8(9)12)10-11(16)14-5-4-13-10/h2-6H,1H3,(H,14,16). The zero-order chi connectivity index (χ0) is 11.5. The van der Waals surface area contributed by atoms with Crippen LogP contribution in [0.15, 0.2) is 30.6 Å². The molecule has 1 aromatic carbocycles. The highest BCUT2D eigenvalue weighted by Crippen LogP contribution is 2.24. The lowest BCUT2D eigenvalue weighted by molar-refractivity contribution is 0.386. The molecule has 1 heterocycles. The first-order chi connectivity index (χ1) is 7.72. The molecule has 0 spiro atoms. The van der Waals surface area contributed by atoms with Crippen molar-refractivity contribution in [3.05, 3.63) is 41.1 Å². The molecular weight excluding hydrogens is 227 g/mol. The summed E-state index contributed by atoms with van der Waals surface area (Å²) in [4.78, 5) is 6.95. The van der Waals surface area contributed by atoms with Crippen LogP contribution in [0, 0.1) is 10.5 Å². The van der Waals surface area contributed by atoms with Gasteiger partial charge < -0.3 is 9.72 Å². The molecule has 0 fully saturated rings. The van der Waals surface area contributed by atoms with Crippen LogP contribution >= 0.6 is 12.2 Å². The van der Waals surface area contributed by atoms with Crippen molar-refractivity contribution in [1.82, 2.24) is 9.97 Å². The number of H-pyrrole nitrogens is 1.